The predicted octanol–water partition coefficient (Wildman–Crippen LogP) is 3.50. The third kappa shape index (κ3) is 4.09. The summed E-state index contributed by atoms with van der Waals surface area (Å²) >= 11 is 0. The second-order valence-electron chi connectivity index (χ2n) is 7.19. The van der Waals surface area contributed by atoms with Crippen molar-refractivity contribution in [3.8, 4) is 5.75 Å². The van der Waals surface area contributed by atoms with Crippen LogP contribution in [0.15, 0.2) is 33.5 Å². The van der Waals surface area contributed by atoms with Crippen LogP contribution in [0.5, 0.6) is 5.75 Å². The molecule has 2 aromatic rings. The van der Waals surface area contributed by atoms with Gasteiger partial charge in [0.25, 0.3) is 5.91 Å². The first-order chi connectivity index (χ1) is 12.8. The molecule has 27 heavy (non-hydrogen) atoms. The van der Waals surface area contributed by atoms with Gasteiger partial charge in [-0.1, -0.05) is 0 Å². The van der Waals surface area contributed by atoms with Gasteiger partial charge in [0.1, 0.15) is 11.3 Å². The van der Waals surface area contributed by atoms with Gasteiger partial charge in [0.2, 0.25) is 0 Å². The third-order valence-electron chi connectivity index (χ3n) is 4.98. The highest BCUT2D eigenvalue weighted by Gasteiger charge is 2.42. The number of nitrogens with one attached hydrogen (secondary N) is 1. The van der Waals surface area contributed by atoms with E-state index < -0.39 is 17.4 Å². The monoisotopic (exact) mass is 381 g/mol. The molecule has 0 radical (unpaired) electrons. The predicted molar refractivity (Wildman–Crippen MR) is 90.4 cm³/mol. The fourth-order valence-electron chi connectivity index (χ4n) is 3.38. The normalized spacial score (nSPS) is 17.3. The van der Waals surface area contributed by atoms with Gasteiger partial charge in [-0.15, -0.1) is 0 Å². The van der Waals surface area contributed by atoms with Gasteiger partial charge in [0.05, 0.1) is 5.56 Å². The molecular weight excluding hydrogens is 363 g/mol. The molecule has 1 heterocycles. The average Bonchev–Trinajstić information content (AvgIpc) is 3.49. The Hall–Kier alpha value is -2.51. The molecule has 0 aliphatic heterocycles. The fourth-order valence-corrected chi connectivity index (χ4v) is 3.38. The number of carbonyl (C=O) groups is 1. The second-order valence-corrected chi connectivity index (χ2v) is 7.19. The molecule has 0 spiro atoms. The van der Waals surface area contributed by atoms with E-state index in [1.807, 2.05) is 0 Å². The van der Waals surface area contributed by atoms with E-state index >= 15 is 0 Å². The Labute approximate surface area is 152 Å². The van der Waals surface area contributed by atoms with Crippen molar-refractivity contribution in [1.82, 2.24) is 5.32 Å². The third-order valence-corrected chi connectivity index (χ3v) is 4.98. The van der Waals surface area contributed by atoms with Crippen molar-refractivity contribution in [2.24, 2.45) is 11.8 Å². The average molecular weight is 381 g/mol. The maximum atomic E-state index is 13.0. The molecule has 144 valence electrons. The molecule has 1 N–H and O–H groups in total. The van der Waals surface area contributed by atoms with E-state index in [1.165, 1.54) is 18.2 Å². The highest BCUT2D eigenvalue weighted by Crippen LogP contribution is 2.44. The molecule has 2 saturated carbocycles. The van der Waals surface area contributed by atoms with Crippen molar-refractivity contribution in [1.29, 1.82) is 0 Å². The number of amides is 1. The molecule has 2 aliphatic carbocycles. The molecule has 2 aliphatic rings. The summed E-state index contributed by atoms with van der Waals surface area (Å²) in [5.74, 6) is 1.01. The zero-order valence-corrected chi connectivity index (χ0v) is 14.3. The number of alkyl halides is 3. The summed E-state index contributed by atoms with van der Waals surface area (Å²) in [5, 5.41) is 2.77. The van der Waals surface area contributed by atoms with E-state index in [4.69, 9.17) is 9.15 Å². The molecular formula is C19H18F3NO4. The number of halogens is 3. The summed E-state index contributed by atoms with van der Waals surface area (Å²) in [5.41, 5.74) is -2.39. The van der Waals surface area contributed by atoms with E-state index in [1.54, 1.807) is 0 Å². The van der Waals surface area contributed by atoms with Crippen molar-refractivity contribution >= 4 is 16.9 Å². The minimum atomic E-state index is -4.67. The topological polar surface area (TPSA) is 68.5 Å². The van der Waals surface area contributed by atoms with Crippen LogP contribution in [0.4, 0.5) is 13.2 Å². The first kappa shape index (κ1) is 17.9. The van der Waals surface area contributed by atoms with Crippen LogP contribution in [-0.2, 0) is 11.0 Å². The van der Waals surface area contributed by atoms with Crippen LogP contribution in [0.2, 0.25) is 0 Å². The lowest BCUT2D eigenvalue weighted by Crippen LogP contribution is -2.40. The van der Waals surface area contributed by atoms with E-state index in [9.17, 15) is 22.8 Å². The fraction of sp³-hybridized carbons (Fsp3) is 0.474. The number of fused-ring (bicyclic) bond motifs is 1. The zero-order chi connectivity index (χ0) is 19.2. The van der Waals surface area contributed by atoms with Gasteiger partial charge in [-0.2, -0.15) is 13.2 Å². The molecule has 0 atom stereocenters. The van der Waals surface area contributed by atoms with E-state index in [2.05, 4.69) is 5.32 Å². The second kappa shape index (κ2) is 6.58. The van der Waals surface area contributed by atoms with Crippen LogP contribution in [0.3, 0.4) is 0 Å². The molecule has 0 bridgehead atoms. The number of hydrogen-bond acceptors (Lipinski definition) is 4. The largest absolute Gasteiger partial charge is 0.484 e. The Morgan fingerprint density at radius 1 is 1.19 bits per heavy atom. The molecule has 8 heteroatoms. The van der Waals surface area contributed by atoms with Crippen LogP contribution >= 0.6 is 0 Å². The number of benzene rings is 1. The first-order valence-electron chi connectivity index (χ1n) is 8.88. The van der Waals surface area contributed by atoms with Crippen molar-refractivity contribution in [2.75, 3.05) is 6.61 Å². The van der Waals surface area contributed by atoms with Crippen molar-refractivity contribution in [3.05, 3.63) is 40.2 Å². The number of carbonyl (C=O) groups excluding carboxylic acids is 1. The number of hydrogen-bond donors (Lipinski definition) is 1. The maximum absolute atomic E-state index is 13.0. The lowest BCUT2D eigenvalue weighted by atomic mass is 10.1. The van der Waals surface area contributed by atoms with Crippen LogP contribution in [0.1, 0.15) is 31.2 Å². The Bertz CT molecular complexity index is 917. The highest BCUT2D eigenvalue weighted by molar-refractivity contribution is 5.82. The summed E-state index contributed by atoms with van der Waals surface area (Å²) in [7, 11) is 0. The van der Waals surface area contributed by atoms with Gasteiger partial charge in [-0.25, -0.2) is 4.79 Å². The molecule has 1 aromatic carbocycles. The van der Waals surface area contributed by atoms with E-state index in [0.717, 1.165) is 25.7 Å². The smallest absolute Gasteiger partial charge is 0.417 e. The zero-order valence-electron chi connectivity index (χ0n) is 14.3. The van der Waals surface area contributed by atoms with Crippen LogP contribution in [0.25, 0.3) is 11.0 Å². The molecule has 1 aromatic heterocycles. The van der Waals surface area contributed by atoms with Crippen LogP contribution < -0.4 is 15.7 Å². The summed E-state index contributed by atoms with van der Waals surface area (Å²) in [6.45, 7) is -0.245. The van der Waals surface area contributed by atoms with Crippen molar-refractivity contribution in [3.63, 3.8) is 0 Å². The lowest BCUT2D eigenvalue weighted by Gasteiger charge is -2.17. The number of ether oxygens (including phenoxy) is 1. The minimum Gasteiger partial charge on any atom is -0.484 e. The SMILES string of the molecule is O=C(COc1ccc2c(C(F)(F)F)cc(=O)oc2c1)NC(C1CC1)C1CC1. The maximum Gasteiger partial charge on any atom is 0.417 e. The lowest BCUT2D eigenvalue weighted by molar-refractivity contribution is -0.136. The molecule has 4 rings (SSSR count). The van der Waals surface area contributed by atoms with Crippen molar-refractivity contribution in [2.45, 2.75) is 37.9 Å². The quantitative estimate of drug-likeness (QED) is 0.778. The summed E-state index contributed by atoms with van der Waals surface area (Å²) in [6, 6.07) is 4.31. The Morgan fingerprint density at radius 2 is 1.85 bits per heavy atom. The Balaban J connectivity index is 1.46. The van der Waals surface area contributed by atoms with Gasteiger partial charge >= 0.3 is 11.8 Å². The molecule has 5 nitrogen and oxygen atoms in total. The minimum absolute atomic E-state index is 0.162. The van der Waals surface area contributed by atoms with Crippen LogP contribution in [0, 0.1) is 11.8 Å². The molecule has 0 unspecified atom stereocenters. The number of rotatable bonds is 6. The van der Waals surface area contributed by atoms with Gasteiger partial charge < -0.3 is 14.5 Å². The Kier molecular flexibility index (Phi) is 4.36. The molecule has 2 fully saturated rings. The first-order valence-corrected chi connectivity index (χ1v) is 8.88. The molecule has 1 amide bonds. The highest BCUT2D eigenvalue weighted by atomic mass is 19.4. The van der Waals surface area contributed by atoms with Crippen molar-refractivity contribution < 1.29 is 27.1 Å². The van der Waals surface area contributed by atoms with Gasteiger partial charge in [0.15, 0.2) is 6.61 Å². The van der Waals surface area contributed by atoms with Gasteiger partial charge in [0, 0.05) is 23.6 Å². The van der Waals surface area contributed by atoms with Gasteiger partial charge in [-0.05, 0) is 49.7 Å². The van der Waals surface area contributed by atoms with E-state index in [-0.39, 0.29) is 35.3 Å². The van der Waals surface area contributed by atoms with Gasteiger partial charge in [-0.3, -0.25) is 4.79 Å². The standard InChI is InChI=1S/C19H18F3NO4/c20-19(21,22)14-8-17(25)27-15-7-12(5-6-13(14)15)26-9-16(24)23-18(10-1-2-10)11-3-4-11/h5-8,10-11,18H,1-4,9H2,(H,23,24). The van der Waals surface area contributed by atoms with E-state index in [0.29, 0.717) is 17.9 Å². The Morgan fingerprint density at radius 3 is 2.44 bits per heavy atom. The molecule has 0 saturated heterocycles. The van der Waals surface area contributed by atoms with Crippen LogP contribution in [-0.4, -0.2) is 18.6 Å². The summed E-state index contributed by atoms with van der Waals surface area (Å²) in [4.78, 5) is 23.6. The summed E-state index contributed by atoms with van der Waals surface area (Å²) in [6.07, 6.45) is -0.140. The summed E-state index contributed by atoms with van der Waals surface area (Å²) < 4.78 is 49.4.